The largest absolute Gasteiger partial charge is 0.481 e. The van der Waals surface area contributed by atoms with E-state index in [4.69, 9.17) is 4.74 Å². The summed E-state index contributed by atoms with van der Waals surface area (Å²) in [5.74, 6) is -8.74. The summed E-state index contributed by atoms with van der Waals surface area (Å²) in [4.78, 5) is 99.0. The fraction of sp³-hybridized carbons (Fsp3) is 0.484. The van der Waals surface area contributed by atoms with Crippen LogP contribution in [-0.2, 0) is 49.6 Å². The second-order valence-electron chi connectivity index (χ2n) is 10.7. The zero-order chi connectivity index (χ0) is 37.1. The Morgan fingerprint density at radius 1 is 0.816 bits per heavy atom. The van der Waals surface area contributed by atoms with Gasteiger partial charge in [0.25, 0.3) is 11.8 Å². The van der Waals surface area contributed by atoms with Gasteiger partial charge in [0, 0.05) is 18.6 Å². The van der Waals surface area contributed by atoms with Crippen molar-refractivity contribution >= 4 is 47.6 Å². The zero-order valence-electron chi connectivity index (χ0n) is 27.5. The third-order valence-corrected chi connectivity index (χ3v) is 6.78. The molecule has 0 heterocycles. The first-order valence-electron chi connectivity index (χ1n) is 15.3. The second-order valence-corrected chi connectivity index (χ2v) is 10.7. The van der Waals surface area contributed by atoms with Gasteiger partial charge in [-0.15, -0.1) is 0 Å². The number of nitrogens with one attached hydrogen (secondary N) is 4. The number of amides is 5. The molecule has 0 unspecified atom stereocenters. The maximum Gasteiger partial charge on any atom is 0.408 e. The standard InChI is InChI=1S/C31H43N5O13/c1-5-18(3)26(34-31(47)49-17-20-10-8-7-9-11-20)29(45)32-21(12-14-23(39)40)28(44)33-27(19(4)37)30(46)35-36(16-24(41)42)22(38)13-15-25(43)48-6-2/h7-11,13,15,18-19,21,26-27,37H,5-6,12,14,16-17H2,1-4H3,(H,32,45)(H,33,44)(H,34,47)(H,35,46)(H,39,40)(H,41,42)/t18-,19+,21-,26-,27-/m0/s1. The summed E-state index contributed by atoms with van der Waals surface area (Å²) >= 11 is 0. The summed E-state index contributed by atoms with van der Waals surface area (Å²) in [5.41, 5.74) is 2.64. The normalized spacial score (nSPS) is 13.8. The number of aliphatic carboxylic acids is 2. The molecular formula is C31H43N5O13. The smallest absolute Gasteiger partial charge is 0.408 e. The summed E-state index contributed by atoms with van der Waals surface area (Å²) in [7, 11) is 0. The molecule has 0 aromatic heterocycles. The van der Waals surface area contributed by atoms with Gasteiger partial charge in [-0.25, -0.2) is 14.6 Å². The molecule has 0 radical (unpaired) electrons. The predicted octanol–water partition coefficient (Wildman–Crippen LogP) is -0.394. The van der Waals surface area contributed by atoms with Crippen molar-refractivity contribution in [3.63, 3.8) is 0 Å². The van der Waals surface area contributed by atoms with Crippen molar-refractivity contribution in [1.29, 1.82) is 0 Å². The van der Waals surface area contributed by atoms with Crippen LogP contribution in [0.3, 0.4) is 0 Å². The Morgan fingerprint density at radius 2 is 1.47 bits per heavy atom. The van der Waals surface area contributed by atoms with E-state index in [9.17, 15) is 53.7 Å². The molecule has 49 heavy (non-hydrogen) atoms. The number of aliphatic hydroxyl groups excluding tert-OH is 1. The molecule has 0 aliphatic heterocycles. The lowest BCUT2D eigenvalue weighted by Gasteiger charge is -2.29. The van der Waals surface area contributed by atoms with Gasteiger partial charge in [0.1, 0.15) is 31.3 Å². The van der Waals surface area contributed by atoms with Crippen molar-refractivity contribution in [2.45, 2.75) is 77.8 Å². The molecule has 18 nitrogen and oxygen atoms in total. The van der Waals surface area contributed by atoms with Crippen LogP contribution < -0.4 is 21.4 Å². The number of esters is 1. The molecule has 1 aromatic rings. The molecule has 0 saturated heterocycles. The molecule has 0 aliphatic rings. The van der Waals surface area contributed by atoms with Crippen molar-refractivity contribution in [1.82, 2.24) is 26.4 Å². The molecule has 1 aromatic carbocycles. The van der Waals surface area contributed by atoms with Gasteiger partial charge in [0.15, 0.2) is 0 Å². The van der Waals surface area contributed by atoms with Gasteiger partial charge in [-0.2, -0.15) is 0 Å². The number of alkyl carbamates (subject to hydrolysis) is 1. The SMILES string of the molecule is CCOC(=O)C=CC(=O)N(CC(=O)O)NC(=O)[C@@H](NC(=O)[C@H](CCC(=O)O)NC(=O)[C@@H](NC(=O)OCc1ccccc1)[C@@H](C)CC)[C@@H](C)O. The second kappa shape index (κ2) is 21.4. The maximum absolute atomic E-state index is 13.4. The van der Waals surface area contributed by atoms with E-state index in [1.54, 1.807) is 44.2 Å². The Hall–Kier alpha value is -5.52. The van der Waals surface area contributed by atoms with Gasteiger partial charge < -0.3 is 40.7 Å². The van der Waals surface area contributed by atoms with Gasteiger partial charge in [0.2, 0.25) is 11.8 Å². The number of hydrazine groups is 1. The molecule has 0 spiro atoms. The Labute approximate surface area is 282 Å². The number of ether oxygens (including phenoxy) is 2. The molecule has 0 fully saturated rings. The molecular weight excluding hydrogens is 650 g/mol. The molecule has 5 amide bonds. The van der Waals surface area contributed by atoms with Crippen LogP contribution in [-0.4, -0.2) is 105 Å². The Balaban J connectivity index is 3.15. The van der Waals surface area contributed by atoms with Crippen LogP contribution in [0.1, 0.15) is 52.5 Å². The molecule has 0 aliphatic carbocycles. The van der Waals surface area contributed by atoms with Crippen molar-refractivity contribution in [2.24, 2.45) is 5.92 Å². The zero-order valence-corrected chi connectivity index (χ0v) is 27.5. The fourth-order valence-electron chi connectivity index (χ4n) is 3.98. The Morgan fingerprint density at radius 3 is 2.02 bits per heavy atom. The number of benzene rings is 1. The monoisotopic (exact) mass is 693 g/mol. The molecule has 0 bridgehead atoms. The van der Waals surface area contributed by atoms with Crippen LogP contribution in [0.25, 0.3) is 0 Å². The topological polar surface area (TPSA) is 267 Å². The van der Waals surface area contributed by atoms with Crippen LogP contribution in [0.5, 0.6) is 0 Å². The maximum atomic E-state index is 13.4. The number of nitrogens with zero attached hydrogens (tertiary/aromatic N) is 1. The first-order chi connectivity index (χ1) is 23.1. The number of carboxylic acids is 2. The Kier molecular flexibility index (Phi) is 18.1. The highest BCUT2D eigenvalue weighted by Crippen LogP contribution is 2.11. The summed E-state index contributed by atoms with van der Waals surface area (Å²) in [6, 6.07) is 4.04. The fourth-order valence-corrected chi connectivity index (χ4v) is 3.98. The summed E-state index contributed by atoms with van der Waals surface area (Å²) in [6.45, 7) is 4.80. The van der Waals surface area contributed by atoms with Crippen LogP contribution in [0, 0.1) is 5.92 Å². The summed E-state index contributed by atoms with van der Waals surface area (Å²) < 4.78 is 9.84. The van der Waals surface area contributed by atoms with Crippen molar-refractivity contribution in [2.75, 3.05) is 13.2 Å². The first-order valence-corrected chi connectivity index (χ1v) is 15.3. The Bertz CT molecular complexity index is 1350. The van der Waals surface area contributed by atoms with E-state index in [2.05, 4.69) is 20.7 Å². The van der Waals surface area contributed by atoms with Gasteiger partial charge in [-0.3, -0.25) is 34.2 Å². The minimum absolute atomic E-state index is 0.00723. The van der Waals surface area contributed by atoms with Crippen LogP contribution in [0.4, 0.5) is 4.79 Å². The number of rotatable bonds is 19. The van der Waals surface area contributed by atoms with E-state index in [1.807, 2.05) is 5.43 Å². The molecule has 1 rings (SSSR count). The number of carboxylic acid groups (broad SMARTS) is 2. The van der Waals surface area contributed by atoms with Crippen molar-refractivity contribution in [3.05, 3.63) is 48.0 Å². The van der Waals surface area contributed by atoms with Gasteiger partial charge in [-0.1, -0.05) is 50.6 Å². The van der Waals surface area contributed by atoms with E-state index in [0.717, 1.165) is 6.92 Å². The molecule has 5 atom stereocenters. The van der Waals surface area contributed by atoms with E-state index in [1.165, 1.54) is 6.92 Å². The summed E-state index contributed by atoms with van der Waals surface area (Å²) in [6.07, 6.45) is -1.96. The van der Waals surface area contributed by atoms with E-state index in [-0.39, 0.29) is 13.2 Å². The van der Waals surface area contributed by atoms with Gasteiger partial charge in [0.05, 0.1) is 12.7 Å². The number of carbonyl (C=O) groups is 8. The number of hydrogen-bond donors (Lipinski definition) is 7. The lowest BCUT2D eigenvalue weighted by molar-refractivity contribution is -0.149. The third-order valence-electron chi connectivity index (χ3n) is 6.78. The molecule has 270 valence electrons. The van der Waals surface area contributed by atoms with Crippen LogP contribution in [0.15, 0.2) is 42.5 Å². The van der Waals surface area contributed by atoms with E-state index >= 15 is 0 Å². The van der Waals surface area contributed by atoms with E-state index < -0.39 is 97.2 Å². The average Bonchev–Trinajstić information content (AvgIpc) is 3.04. The van der Waals surface area contributed by atoms with Crippen molar-refractivity contribution in [3.8, 4) is 0 Å². The summed E-state index contributed by atoms with van der Waals surface area (Å²) in [5, 5.41) is 36.0. The minimum atomic E-state index is -1.86. The molecule has 18 heteroatoms. The highest BCUT2D eigenvalue weighted by molar-refractivity contribution is 5.98. The number of carbonyl (C=O) groups excluding carboxylic acids is 6. The van der Waals surface area contributed by atoms with Gasteiger partial charge in [-0.05, 0) is 31.7 Å². The van der Waals surface area contributed by atoms with Crippen LogP contribution >= 0.6 is 0 Å². The molecule has 7 N–H and O–H groups in total. The van der Waals surface area contributed by atoms with Crippen LogP contribution in [0.2, 0.25) is 0 Å². The highest BCUT2D eigenvalue weighted by Gasteiger charge is 2.34. The van der Waals surface area contributed by atoms with E-state index in [0.29, 0.717) is 29.1 Å². The number of aliphatic hydroxyl groups is 1. The van der Waals surface area contributed by atoms with Gasteiger partial charge >= 0.3 is 24.0 Å². The lowest BCUT2D eigenvalue weighted by Crippen LogP contribution is -2.61. The molecule has 0 saturated carbocycles. The highest BCUT2D eigenvalue weighted by atomic mass is 16.5. The van der Waals surface area contributed by atoms with Crippen molar-refractivity contribution < 1.29 is 63.1 Å². The quantitative estimate of drug-likeness (QED) is 0.0553. The average molecular weight is 694 g/mol. The third kappa shape index (κ3) is 15.8. The first kappa shape index (κ1) is 41.5. The lowest BCUT2D eigenvalue weighted by atomic mass is 9.97. The minimum Gasteiger partial charge on any atom is -0.481 e. The number of hydrogen-bond acceptors (Lipinski definition) is 11. The predicted molar refractivity (Wildman–Crippen MR) is 169 cm³/mol.